The normalized spacial score (nSPS) is 10.4. The number of alkyl carbamates (subject to hydrolysis) is 1. The summed E-state index contributed by atoms with van der Waals surface area (Å²) in [6.45, 7) is 6.60. The van der Waals surface area contributed by atoms with Crippen LogP contribution in [0.2, 0.25) is 0 Å². The molecule has 0 radical (unpaired) electrons. The van der Waals surface area contributed by atoms with Crippen LogP contribution < -0.4 is 5.32 Å². The zero-order valence-corrected chi connectivity index (χ0v) is 10.3. The molecule has 0 aromatic rings. The molecule has 0 aliphatic rings. The van der Waals surface area contributed by atoms with E-state index in [0.717, 1.165) is 12.8 Å². The number of carbonyl (C=O) groups excluding carboxylic acids is 1. The van der Waals surface area contributed by atoms with E-state index < -0.39 is 0 Å². The van der Waals surface area contributed by atoms with Crippen LogP contribution >= 0.6 is 0 Å². The number of rotatable bonds is 8. The van der Waals surface area contributed by atoms with Crippen molar-refractivity contribution >= 4 is 6.09 Å². The van der Waals surface area contributed by atoms with Crippen molar-refractivity contribution in [2.45, 2.75) is 65.3 Å². The van der Waals surface area contributed by atoms with Crippen molar-refractivity contribution in [3.05, 3.63) is 0 Å². The zero-order valence-electron chi connectivity index (χ0n) is 10.3. The van der Waals surface area contributed by atoms with Gasteiger partial charge in [-0.25, -0.2) is 4.79 Å². The summed E-state index contributed by atoms with van der Waals surface area (Å²) in [6, 6.07) is 0.155. The second kappa shape index (κ2) is 9.81. The Balaban J connectivity index is 3.13. The molecule has 0 aliphatic heterocycles. The Bertz CT molecular complexity index is 158. The molecule has 3 heteroatoms. The molecule has 0 aliphatic carbocycles. The highest BCUT2D eigenvalue weighted by molar-refractivity contribution is 5.67. The van der Waals surface area contributed by atoms with Crippen molar-refractivity contribution in [3.63, 3.8) is 0 Å². The maximum Gasteiger partial charge on any atom is 0.407 e. The molecule has 90 valence electrons. The third kappa shape index (κ3) is 11.2. The Labute approximate surface area is 93.6 Å². The highest BCUT2D eigenvalue weighted by Crippen LogP contribution is 2.04. The molecule has 3 nitrogen and oxygen atoms in total. The molecule has 0 saturated carbocycles. The third-order valence-corrected chi connectivity index (χ3v) is 2.14. The number of hydrogen-bond donors (Lipinski definition) is 1. The summed E-state index contributed by atoms with van der Waals surface area (Å²) in [5.41, 5.74) is 0. The number of nitrogens with one attached hydrogen (secondary N) is 1. The number of carbonyl (C=O) groups is 1. The van der Waals surface area contributed by atoms with Gasteiger partial charge < -0.3 is 10.1 Å². The SMILES string of the molecule is CCCCCCCCOC(=O)NC(C)C. The van der Waals surface area contributed by atoms with E-state index in [0.29, 0.717) is 6.61 Å². The molecule has 0 bridgehead atoms. The molecule has 0 fully saturated rings. The summed E-state index contributed by atoms with van der Waals surface area (Å²) in [6.07, 6.45) is 6.99. The zero-order chi connectivity index (χ0) is 11.5. The first-order valence-corrected chi connectivity index (χ1v) is 6.10. The van der Waals surface area contributed by atoms with E-state index in [1.807, 2.05) is 13.8 Å². The molecular formula is C12H25NO2. The lowest BCUT2D eigenvalue weighted by molar-refractivity contribution is 0.141. The predicted octanol–water partition coefficient (Wildman–Crippen LogP) is 3.48. The molecule has 1 amide bonds. The summed E-state index contributed by atoms with van der Waals surface area (Å²) < 4.78 is 5.01. The Morgan fingerprint density at radius 2 is 1.73 bits per heavy atom. The lowest BCUT2D eigenvalue weighted by Crippen LogP contribution is -2.30. The van der Waals surface area contributed by atoms with Gasteiger partial charge in [-0.1, -0.05) is 39.0 Å². The van der Waals surface area contributed by atoms with Crippen molar-refractivity contribution in [1.29, 1.82) is 0 Å². The van der Waals surface area contributed by atoms with Crippen LogP contribution in [0.5, 0.6) is 0 Å². The monoisotopic (exact) mass is 215 g/mol. The second-order valence-corrected chi connectivity index (χ2v) is 4.20. The van der Waals surface area contributed by atoms with E-state index in [-0.39, 0.29) is 12.1 Å². The fourth-order valence-corrected chi connectivity index (χ4v) is 1.32. The minimum absolute atomic E-state index is 0.155. The summed E-state index contributed by atoms with van der Waals surface area (Å²) in [7, 11) is 0. The van der Waals surface area contributed by atoms with E-state index in [1.54, 1.807) is 0 Å². The summed E-state index contributed by atoms with van der Waals surface area (Å²) in [4.78, 5) is 11.1. The quantitative estimate of drug-likeness (QED) is 0.629. The van der Waals surface area contributed by atoms with Gasteiger partial charge in [-0.05, 0) is 20.3 Å². The lowest BCUT2D eigenvalue weighted by atomic mass is 10.1. The van der Waals surface area contributed by atoms with Crippen LogP contribution in [0.15, 0.2) is 0 Å². The first kappa shape index (κ1) is 14.3. The number of ether oxygens (including phenoxy) is 1. The molecule has 0 aromatic heterocycles. The van der Waals surface area contributed by atoms with Crippen LogP contribution in [0.3, 0.4) is 0 Å². The van der Waals surface area contributed by atoms with Gasteiger partial charge in [0.2, 0.25) is 0 Å². The van der Waals surface area contributed by atoms with Crippen LogP contribution in [0.1, 0.15) is 59.3 Å². The van der Waals surface area contributed by atoms with Crippen LogP contribution in [-0.4, -0.2) is 18.7 Å². The first-order chi connectivity index (χ1) is 7.16. The number of amides is 1. The Morgan fingerprint density at radius 3 is 2.33 bits per heavy atom. The van der Waals surface area contributed by atoms with E-state index in [1.165, 1.54) is 25.7 Å². The average molecular weight is 215 g/mol. The largest absolute Gasteiger partial charge is 0.450 e. The van der Waals surface area contributed by atoms with E-state index in [4.69, 9.17) is 4.74 Å². The molecule has 15 heavy (non-hydrogen) atoms. The van der Waals surface area contributed by atoms with Crippen LogP contribution in [0, 0.1) is 0 Å². The number of unbranched alkanes of at least 4 members (excludes halogenated alkanes) is 5. The van der Waals surface area contributed by atoms with Crippen LogP contribution in [0.25, 0.3) is 0 Å². The van der Waals surface area contributed by atoms with Gasteiger partial charge in [-0.3, -0.25) is 0 Å². The minimum Gasteiger partial charge on any atom is -0.450 e. The molecule has 0 spiro atoms. The highest BCUT2D eigenvalue weighted by atomic mass is 16.5. The molecule has 0 saturated heterocycles. The van der Waals surface area contributed by atoms with Gasteiger partial charge in [0.25, 0.3) is 0 Å². The van der Waals surface area contributed by atoms with Gasteiger partial charge in [0.1, 0.15) is 0 Å². The van der Waals surface area contributed by atoms with Gasteiger partial charge in [-0.15, -0.1) is 0 Å². The van der Waals surface area contributed by atoms with Crippen LogP contribution in [0.4, 0.5) is 4.79 Å². The highest BCUT2D eigenvalue weighted by Gasteiger charge is 2.02. The maximum absolute atomic E-state index is 11.1. The smallest absolute Gasteiger partial charge is 0.407 e. The standard InChI is InChI=1S/C12H25NO2/c1-4-5-6-7-8-9-10-15-12(14)13-11(2)3/h11H,4-10H2,1-3H3,(H,13,14). The third-order valence-electron chi connectivity index (χ3n) is 2.14. The van der Waals surface area contributed by atoms with Crippen molar-refractivity contribution in [2.75, 3.05) is 6.61 Å². The fourth-order valence-electron chi connectivity index (χ4n) is 1.32. The van der Waals surface area contributed by atoms with Crippen molar-refractivity contribution in [3.8, 4) is 0 Å². The van der Waals surface area contributed by atoms with Gasteiger partial charge in [0.15, 0.2) is 0 Å². The molecule has 0 unspecified atom stereocenters. The number of hydrogen-bond acceptors (Lipinski definition) is 2. The van der Waals surface area contributed by atoms with Gasteiger partial charge in [0, 0.05) is 6.04 Å². The lowest BCUT2D eigenvalue weighted by Gasteiger charge is -2.08. The molecule has 0 atom stereocenters. The molecule has 1 N–H and O–H groups in total. The summed E-state index contributed by atoms with van der Waals surface area (Å²) in [5.74, 6) is 0. The van der Waals surface area contributed by atoms with Crippen molar-refractivity contribution in [2.24, 2.45) is 0 Å². The fraction of sp³-hybridized carbons (Fsp3) is 0.917. The Hall–Kier alpha value is -0.730. The topological polar surface area (TPSA) is 38.3 Å². The predicted molar refractivity (Wildman–Crippen MR) is 63.0 cm³/mol. The Kier molecular flexibility index (Phi) is 9.33. The Morgan fingerprint density at radius 1 is 1.13 bits per heavy atom. The molecule has 0 aromatic carbocycles. The van der Waals surface area contributed by atoms with Gasteiger partial charge in [0.05, 0.1) is 6.61 Å². The first-order valence-electron chi connectivity index (χ1n) is 6.10. The van der Waals surface area contributed by atoms with E-state index in [9.17, 15) is 4.79 Å². The minimum atomic E-state index is -0.293. The molecule has 0 rings (SSSR count). The summed E-state index contributed by atoms with van der Waals surface area (Å²) >= 11 is 0. The maximum atomic E-state index is 11.1. The van der Waals surface area contributed by atoms with Crippen molar-refractivity contribution < 1.29 is 9.53 Å². The molecular weight excluding hydrogens is 190 g/mol. The van der Waals surface area contributed by atoms with E-state index >= 15 is 0 Å². The average Bonchev–Trinajstić information content (AvgIpc) is 2.15. The van der Waals surface area contributed by atoms with Gasteiger partial charge in [-0.2, -0.15) is 0 Å². The second-order valence-electron chi connectivity index (χ2n) is 4.20. The molecule has 0 heterocycles. The van der Waals surface area contributed by atoms with Crippen molar-refractivity contribution in [1.82, 2.24) is 5.32 Å². The summed E-state index contributed by atoms with van der Waals surface area (Å²) in [5, 5.41) is 2.69. The van der Waals surface area contributed by atoms with Crippen LogP contribution in [-0.2, 0) is 4.74 Å². The van der Waals surface area contributed by atoms with E-state index in [2.05, 4.69) is 12.2 Å². The van der Waals surface area contributed by atoms with Gasteiger partial charge >= 0.3 is 6.09 Å².